The van der Waals surface area contributed by atoms with Crippen molar-refractivity contribution < 1.29 is 30.3 Å². The summed E-state index contributed by atoms with van der Waals surface area (Å²) in [5.74, 6) is -1.66. The van der Waals surface area contributed by atoms with Crippen LogP contribution in [0.4, 0.5) is 0 Å². The molecule has 0 unspecified atom stereocenters. The van der Waals surface area contributed by atoms with Gasteiger partial charge in [-0.1, -0.05) is 0 Å². The standard InChI is InChI=1S/C6H12O6/c1-6(12,5(10)11)4(9)3(8)2-7/h3-4,7-9,12H,2H2,1H3,(H,10,11)/t3-,4-,6-/m1/s1. The topological polar surface area (TPSA) is 118 Å². The monoisotopic (exact) mass is 180 g/mol. The van der Waals surface area contributed by atoms with Crippen LogP contribution in [0.15, 0.2) is 0 Å². The summed E-state index contributed by atoms with van der Waals surface area (Å²) in [7, 11) is 0. The van der Waals surface area contributed by atoms with E-state index in [0.717, 1.165) is 6.92 Å². The molecule has 0 saturated heterocycles. The Morgan fingerprint density at radius 3 is 2.17 bits per heavy atom. The van der Waals surface area contributed by atoms with E-state index in [9.17, 15) is 4.79 Å². The van der Waals surface area contributed by atoms with Gasteiger partial charge in [0.2, 0.25) is 0 Å². The van der Waals surface area contributed by atoms with E-state index in [0.29, 0.717) is 0 Å². The normalized spacial score (nSPS) is 21.1. The summed E-state index contributed by atoms with van der Waals surface area (Å²) in [5.41, 5.74) is -2.46. The molecule has 6 heteroatoms. The number of aliphatic hydroxyl groups excluding tert-OH is 3. The molecule has 12 heavy (non-hydrogen) atoms. The summed E-state index contributed by atoms with van der Waals surface area (Å²) in [6, 6.07) is 0. The van der Waals surface area contributed by atoms with E-state index < -0.39 is 30.4 Å². The second kappa shape index (κ2) is 3.81. The number of carboxylic acid groups (broad SMARTS) is 1. The predicted molar refractivity (Wildman–Crippen MR) is 37.4 cm³/mol. The maximum atomic E-state index is 10.3. The van der Waals surface area contributed by atoms with Gasteiger partial charge in [-0.2, -0.15) is 0 Å². The van der Waals surface area contributed by atoms with E-state index in [1.165, 1.54) is 0 Å². The lowest BCUT2D eigenvalue weighted by Gasteiger charge is -2.27. The zero-order valence-electron chi connectivity index (χ0n) is 6.51. The third-order valence-electron chi connectivity index (χ3n) is 1.56. The van der Waals surface area contributed by atoms with Crippen molar-refractivity contribution >= 4 is 5.97 Å². The molecule has 0 aromatic rings. The third kappa shape index (κ3) is 2.15. The highest BCUT2D eigenvalue weighted by Crippen LogP contribution is 2.13. The first kappa shape index (κ1) is 11.3. The van der Waals surface area contributed by atoms with Crippen LogP contribution < -0.4 is 0 Å². The molecule has 0 radical (unpaired) electrons. The van der Waals surface area contributed by atoms with Crippen molar-refractivity contribution in [2.75, 3.05) is 6.61 Å². The average Bonchev–Trinajstić information content (AvgIpc) is 2.01. The van der Waals surface area contributed by atoms with Crippen LogP contribution in [0, 0.1) is 0 Å². The first-order valence-electron chi connectivity index (χ1n) is 3.26. The van der Waals surface area contributed by atoms with Gasteiger partial charge in [0.25, 0.3) is 0 Å². The van der Waals surface area contributed by atoms with Gasteiger partial charge in [-0.15, -0.1) is 0 Å². The van der Waals surface area contributed by atoms with Gasteiger partial charge in [-0.3, -0.25) is 0 Å². The maximum Gasteiger partial charge on any atom is 0.338 e. The van der Waals surface area contributed by atoms with Gasteiger partial charge in [0.05, 0.1) is 6.61 Å². The van der Waals surface area contributed by atoms with Crippen LogP contribution in [0.5, 0.6) is 0 Å². The van der Waals surface area contributed by atoms with Gasteiger partial charge in [0.1, 0.15) is 12.2 Å². The molecular weight excluding hydrogens is 168 g/mol. The average molecular weight is 180 g/mol. The number of hydrogen-bond donors (Lipinski definition) is 5. The second-order valence-corrected chi connectivity index (χ2v) is 2.65. The van der Waals surface area contributed by atoms with E-state index in [4.69, 9.17) is 25.5 Å². The van der Waals surface area contributed by atoms with Crippen LogP contribution in [0.25, 0.3) is 0 Å². The molecule has 3 atom stereocenters. The van der Waals surface area contributed by atoms with Gasteiger partial charge in [-0.05, 0) is 6.92 Å². The Kier molecular flexibility index (Phi) is 3.59. The number of aliphatic hydroxyl groups is 4. The molecule has 0 aromatic carbocycles. The molecule has 0 aliphatic heterocycles. The fourth-order valence-corrected chi connectivity index (χ4v) is 0.601. The van der Waals surface area contributed by atoms with Gasteiger partial charge >= 0.3 is 5.97 Å². The molecule has 0 aromatic heterocycles. The molecule has 0 bridgehead atoms. The van der Waals surface area contributed by atoms with E-state index in [2.05, 4.69) is 0 Å². The number of hydrogen-bond acceptors (Lipinski definition) is 5. The smallest absolute Gasteiger partial charge is 0.338 e. The Labute approximate surface area is 68.7 Å². The number of rotatable bonds is 4. The molecule has 0 fully saturated rings. The minimum atomic E-state index is -2.46. The second-order valence-electron chi connectivity index (χ2n) is 2.65. The first-order valence-corrected chi connectivity index (χ1v) is 3.26. The van der Waals surface area contributed by atoms with Gasteiger partial charge in [0, 0.05) is 0 Å². The zero-order valence-corrected chi connectivity index (χ0v) is 6.51. The minimum Gasteiger partial charge on any atom is -0.479 e. The van der Waals surface area contributed by atoms with Crippen LogP contribution in [0.3, 0.4) is 0 Å². The Balaban J connectivity index is 4.44. The Morgan fingerprint density at radius 2 is 1.92 bits per heavy atom. The van der Waals surface area contributed by atoms with Crippen molar-refractivity contribution in [3.63, 3.8) is 0 Å². The predicted octanol–water partition coefficient (Wildman–Crippen LogP) is -2.46. The highest BCUT2D eigenvalue weighted by atomic mass is 16.4. The van der Waals surface area contributed by atoms with Crippen molar-refractivity contribution in [3.8, 4) is 0 Å². The SMILES string of the molecule is C[C@](O)(C(=O)O)[C@H](O)[C@H](O)CO. The summed E-state index contributed by atoms with van der Waals surface area (Å²) in [6.45, 7) is 0.0173. The fourth-order valence-electron chi connectivity index (χ4n) is 0.601. The molecule has 0 aliphatic carbocycles. The van der Waals surface area contributed by atoms with E-state index in [1.54, 1.807) is 0 Å². The van der Waals surface area contributed by atoms with Gasteiger partial charge in [-0.25, -0.2) is 4.79 Å². The lowest BCUT2D eigenvalue weighted by atomic mass is 9.95. The fraction of sp³-hybridized carbons (Fsp3) is 0.833. The van der Waals surface area contributed by atoms with Crippen LogP contribution in [-0.4, -0.2) is 55.9 Å². The highest BCUT2D eigenvalue weighted by molar-refractivity contribution is 5.77. The quantitative estimate of drug-likeness (QED) is 0.327. The summed E-state index contributed by atoms with van der Waals surface area (Å²) in [5, 5.41) is 43.5. The van der Waals surface area contributed by atoms with Crippen LogP contribution in [-0.2, 0) is 4.79 Å². The van der Waals surface area contributed by atoms with E-state index in [1.807, 2.05) is 0 Å². The van der Waals surface area contributed by atoms with Crippen molar-refractivity contribution in [2.24, 2.45) is 0 Å². The summed E-state index contributed by atoms with van der Waals surface area (Å²) >= 11 is 0. The zero-order chi connectivity index (χ0) is 9.94. The lowest BCUT2D eigenvalue weighted by Crippen LogP contribution is -2.53. The molecule has 0 rings (SSSR count). The number of carboxylic acids is 1. The van der Waals surface area contributed by atoms with Crippen LogP contribution in [0.1, 0.15) is 6.92 Å². The molecule has 0 heterocycles. The maximum absolute atomic E-state index is 10.3. The summed E-state index contributed by atoms with van der Waals surface area (Å²) < 4.78 is 0. The number of carbonyl (C=O) groups is 1. The Bertz CT molecular complexity index is 165. The first-order chi connectivity index (χ1) is 5.34. The van der Waals surface area contributed by atoms with Gasteiger partial charge < -0.3 is 25.5 Å². The molecule has 0 amide bonds. The minimum absolute atomic E-state index is 0.815. The molecular formula is C6H12O6. The lowest BCUT2D eigenvalue weighted by molar-refractivity contribution is -0.179. The largest absolute Gasteiger partial charge is 0.479 e. The molecule has 6 nitrogen and oxygen atoms in total. The highest BCUT2D eigenvalue weighted by Gasteiger charge is 2.42. The summed E-state index contributed by atoms with van der Waals surface area (Å²) in [6.07, 6.45) is -3.59. The van der Waals surface area contributed by atoms with E-state index in [-0.39, 0.29) is 0 Å². The van der Waals surface area contributed by atoms with Crippen molar-refractivity contribution in [2.45, 2.75) is 24.7 Å². The number of aliphatic carboxylic acids is 1. The summed E-state index contributed by atoms with van der Waals surface area (Å²) in [4.78, 5) is 10.3. The van der Waals surface area contributed by atoms with Crippen LogP contribution >= 0.6 is 0 Å². The van der Waals surface area contributed by atoms with Crippen molar-refractivity contribution in [1.29, 1.82) is 0 Å². The van der Waals surface area contributed by atoms with Crippen molar-refractivity contribution in [3.05, 3.63) is 0 Å². The van der Waals surface area contributed by atoms with E-state index >= 15 is 0 Å². The van der Waals surface area contributed by atoms with Gasteiger partial charge in [0.15, 0.2) is 5.60 Å². The van der Waals surface area contributed by atoms with Crippen LogP contribution in [0.2, 0.25) is 0 Å². The Morgan fingerprint density at radius 1 is 1.50 bits per heavy atom. The molecule has 0 spiro atoms. The molecule has 72 valence electrons. The van der Waals surface area contributed by atoms with Crippen molar-refractivity contribution in [1.82, 2.24) is 0 Å². The molecule has 5 N–H and O–H groups in total. The third-order valence-corrected chi connectivity index (χ3v) is 1.56. The Hall–Kier alpha value is -0.690. The molecule has 0 saturated carbocycles. The molecule has 0 aliphatic rings.